The highest BCUT2D eigenvalue weighted by atomic mass is 16.5. The average Bonchev–Trinajstić information content (AvgIpc) is 2.86. The molecule has 0 aliphatic heterocycles. The summed E-state index contributed by atoms with van der Waals surface area (Å²) in [5.41, 5.74) is 0.502. The van der Waals surface area contributed by atoms with Crippen molar-refractivity contribution in [3.63, 3.8) is 0 Å². The second-order valence-electron chi connectivity index (χ2n) is 5.00. The molecule has 0 saturated heterocycles. The maximum absolute atomic E-state index is 5.10. The van der Waals surface area contributed by atoms with Gasteiger partial charge in [0.05, 0.1) is 13.3 Å². The highest BCUT2D eigenvalue weighted by Crippen LogP contribution is 2.40. The Morgan fingerprint density at radius 2 is 2.12 bits per heavy atom. The van der Waals surface area contributed by atoms with Gasteiger partial charge in [-0.3, -0.25) is 0 Å². The van der Waals surface area contributed by atoms with Crippen LogP contribution < -0.4 is 10.1 Å². The van der Waals surface area contributed by atoms with Gasteiger partial charge in [0.15, 0.2) is 0 Å². The molecule has 17 heavy (non-hydrogen) atoms. The first-order chi connectivity index (χ1) is 8.28. The van der Waals surface area contributed by atoms with E-state index in [0.29, 0.717) is 5.41 Å². The second-order valence-corrected chi connectivity index (χ2v) is 5.00. The number of nitrogens with one attached hydrogen (secondary N) is 1. The van der Waals surface area contributed by atoms with E-state index in [9.17, 15) is 0 Å². The fourth-order valence-electron chi connectivity index (χ4n) is 2.66. The predicted molar refractivity (Wildman–Crippen MR) is 70.5 cm³/mol. The fourth-order valence-corrected chi connectivity index (χ4v) is 2.66. The van der Waals surface area contributed by atoms with Crippen molar-refractivity contribution in [1.29, 1.82) is 0 Å². The van der Waals surface area contributed by atoms with Crippen molar-refractivity contribution in [2.75, 3.05) is 19.0 Å². The lowest BCUT2D eigenvalue weighted by Crippen LogP contribution is -2.26. The van der Waals surface area contributed by atoms with Crippen LogP contribution in [0.2, 0.25) is 0 Å². The van der Waals surface area contributed by atoms with E-state index >= 15 is 0 Å². The first kappa shape index (κ1) is 12.2. The van der Waals surface area contributed by atoms with E-state index in [-0.39, 0.29) is 0 Å². The van der Waals surface area contributed by atoms with Gasteiger partial charge in [0.2, 0.25) is 0 Å². The molecule has 2 rings (SSSR count). The summed E-state index contributed by atoms with van der Waals surface area (Å²) in [5.74, 6) is 1.76. The average molecular weight is 234 g/mol. The van der Waals surface area contributed by atoms with Gasteiger partial charge in [-0.05, 0) is 36.8 Å². The number of hydrogen-bond donors (Lipinski definition) is 1. The third kappa shape index (κ3) is 2.90. The lowest BCUT2D eigenvalue weighted by Gasteiger charge is -2.27. The van der Waals surface area contributed by atoms with Gasteiger partial charge in [0.25, 0.3) is 0 Å². The fraction of sp³-hybridized carbons (Fsp3) is 0.643. The smallest absolute Gasteiger partial charge is 0.137 e. The molecule has 94 valence electrons. The number of anilines is 1. The first-order valence-electron chi connectivity index (χ1n) is 6.52. The number of hydrogen-bond acceptors (Lipinski definition) is 3. The number of pyridine rings is 1. The van der Waals surface area contributed by atoms with E-state index in [1.165, 1.54) is 32.1 Å². The third-order valence-corrected chi connectivity index (χ3v) is 4.03. The van der Waals surface area contributed by atoms with Crippen molar-refractivity contribution >= 4 is 5.82 Å². The third-order valence-electron chi connectivity index (χ3n) is 4.03. The Morgan fingerprint density at radius 3 is 2.65 bits per heavy atom. The highest BCUT2D eigenvalue weighted by Gasteiger charge is 2.31. The van der Waals surface area contributed by atoms with Crippen LogP contribution >= 0.6 is 0 Å². The molecule has 1 N–H and O–H groups in total. The Labute approximate surface area is 104 Å². The van der Waals surface area contributed by atoms with Crippen LogP contribution in [0.1, 0.15) is 39.0 Å². The zero-order valence-electron chi connectivity index (χ0n) is 10.8. The number of nitrogens with zero attached hydrogens (tertiary/aromatic N) is 1. The molecule has 1 aromatic rings. The summed E-state index contributed by atoms with van der Waals surface area (Å²) in [7, 11) is 1.66. The molecule has 1 heterocycles. The van der Waals surface area contributed by atoms with Crippen molar-refractivity contribution in [1.82, 2.24) is 4.98 Å². The van der Waals surface area contributed by atoms with Crippen LogP contribution in [0.15, 0.2) is 18.3 Å². The molecule has 1 saturated carbocycles. The lowest BCUT2D eigenvalue weighted by molar-refractivity contribution is 0.306. The molecule has 3 heteroatoms. The van der Waals surface area contributed by atoms with E-state index in [1.54, 1.807) is 13.3 Å². The van der Waals surface area contributed by atoms with Gasteiger partial charge in [-0.25, -0.2) is 4.98 Å². The molecule has 1 aliphatic rings. The Balaban J connectivity index is 1.92. The van der Waals surface area contributed by atoms with Crippen molar-refractivity contribution in [2.24, 2.45) is 5.41 Å². The van der Waals surface area contributed by atoms with Gasteiger partial charge in [0, 0.05) is 6.54 Å². The van der Waals surface area contributed by atoms with Crippen molar-refractivity contribution in [3.05, 3.63) is 18.3 Å². The van der Waals surface area contributed by atoms with E-state index < -0.39 is 0 Å². The molecule has 0 aromatic carbocycles. The van der Waals surface area contributed by atoms with Crippen LogP contribution in [0.4, 0.5) is 5.82 Å². The predicted octanol–water partition coefficient (Wildman–Crippen LogP) is 3.47. The quantitative estimate of drug-likeness (QED) is 0.847. The van der Waals surface area contributed by atoms with Crippen LogP contribution in [-0.2, 0) is 0 Å². The minimum atomic E-state index is 0.502. The van der Waals surface area contributed by atoms with Gasteiger partial charge in [-0.15, -0.1) is 0 Å². The number of rotatable bonds is 5. The Kier molecular flexibility index (Phi) is 3.87. The molecule has 0 spiro atoms. The number of methoxy groups -OCH3 is 1. The number of aromatic nitrogens is 1. The van der Waals surface area contributed by atoms with Gasteiger partial charge in [0.1, 0.15) is 11.6 Å². The van der Waals surface area contributed by atoms with Gasteiger partial charge < -0.3 is 10.1 Å². The Hall–Kier alpha value is -1.25. The van der Waals surface area contributed by atoms with E-state index in [0.717, 1.165) is 18.1 Å². The normalized spacial score (nSPS) is 18.0. The first-order valence-corrected chi connectivity index (χ1v) is 6.52. The molecular formula is C14H22N2O. The van der Waals surface area contributed by atoms with Crippen LogP contribution in [0.5, 0.6) is 5.75 Å². The summed E-state index contributed by atoms with van der Waals surface area (Å²) in [6.45, 7) is 3.34. The zero-order chi connectivity index (χ0) is 12.1. The van der Waals surface area contributed by atoms with Crippen LogP contribution in [0, 0.1) is 5.41 Å². The zero-order valence-corrected chi connectivity index (χ0v) is 10.8. The lowest BCUT2D eigenvalue weighted by atomic mass is 9.83. The van der Waals surface area contributed by atoms with E-state index in [2.05, 4.69) is 17.2 Å². The minimum Gasteiger partial charge on any atom is -0.495 e. The van der Waals surface area contributed by atoms with Crippen LogP contribution in [-0.4, -0.2) is 18.6 Å². The number of ether oxygens (including phenoxy) is 1. The molecule has 1 aromatic heterocycles. The molecule has 0 amide bonds. The molecule has 0 bridgehead atoms. The van der Waals surface area contributed by atoms with Crippen molar-refractivity contribution < 1.29 is 4.74 Å². The summed E-state index contributed by atoms with van der Waals surface area (Å²) in [6.07, 6.45) is 8.49. The van der Waals surface area contributed by atoms with E-state index in [4.69, 9.17) is 4.74 Å². The Morgan fingerprint density at radius 1 is 1.35 bits per heavy atom. The minimum absolute atomic E-state index is 0.502. The molecule has 1 aliphatic carbocycles. The monoisotopic (exact) mass is 234 g/mol. The molecule has 1 fully saturated rings. The van der Waals surface area contributed by atoms with Crippen LogP contribution in [0.3, 0.4) is 0 Å². The summed E-state index contributed by atoms with van der Waals surface area (Å²) >= 11 is 0. The molecule has 0 unspecified atom stereocenters. The van der Waals surface area contributed by atoms with E-state index in [1.807, 2.05) is 12.1 Å². The highest BCUT2D eigenvalue weighted by molar-refractivity contribution is 5.37. The van der Waals surface area contributed by atoms with Crippen molar-refractivity contribution in [2.45, 2.75) is 39.0 Å². The summed E-state index contributed by atoms with van der Waals surface area (Å²) in [6, 6.07) is 3.93. The summed E-state index contributed by atoms with van der Waals surface area (Å²) in [5, 5.41) is 3.46. The molecule has 0 atom stereocenters. The summed E-state index contributed by atoms with van der Waals surface area (Å²) < 4.78 is 5.10. The maximum Gasteiger partial charge on any atom is 0.137 e. The molecule has 3 nitrogen and oxygen atoms in total. The van der Waals surface area contributed by atoms with Gasteiger partial charge >= 0.3 is 0 Å². The van der Waals surface area contributed by atoms with Gasteiger partial charge in [-0.1, -0.05) is 19.8 Å². The molecule has 0 radical (unpaired) electrons. The van der Waals surface area contributed by atoms with Crippen molar-refractivity contribution in [3.8, 4) is 5.75 Å². The summed E-state index contributed by atoms with van der Waals surface area (Å²) in [4.78, 5) is 4.34. The SMILES string of the molecule is CCC1(CNc2ccc(OC)cn2)CCCC1. The largest absolute Gasteiger partial charge is 0.495 e. The standard InChI is InChI=1S/C14H22N2O/c1-3-14(8-4-5-9-14)11-16-13-7-6-12(17-2)10-15-13/h6-7,10H,3-5,8-9,11H2,1-2H3,(H,15,16). The maximum atomic E-state index is 5.10. The van der Waals surface area contributed by atoms with Crippen LogP contribution in [0.25, 0.3) is 0 Å². The topological polar surface area (TPSA) is 34.1 Å². The second kappa shape index (κ2) is 5.39. The van der Waals surface area contributed by atoms with Gasteiger partial charge in [-0.2, -0.15) is 0 Å². The Bertz CT molecular complexity index is 342. The molecular weight excluding hydrogens is 212 g/mol.